The zero-order valence-corrected chi connectivity index (χ0v) is 21.9. The Balaban J connectivity index is 0.00000320. The van der Waals surface area contributed by atoms with Gasteiger partial charge < -0.3 is 19.7 Å². The molecular weight excluding hydrogens is 511 g/mol. The second-order valence-electron chi connectivity index (χ2n) is 8.04. The lowest BCUT2D eigenvalue weighted by Gasteiger charge is -2.35. The Morgan fingerprint density at radius 3 is 2.83 bits per heavy atom. The second-order valence-corrected chi connectivity index (χ2v) is 9.04. The number of hydrogen-bond acceptors (Lipinski definition) is 5. The number of hydrogen-bond donors (Lipinski definition) is 1. The van der Waals surface area contributed by atoms with Crippen molar-refractivity contribution >= 4 is 41.3 Å². The fraction of sp³-hybridized carbons (Fsp3) is 0.773. The predicted octanol–water partition coefficient (Wildman–Crippen LogP) is 3.60. The highest BCUT2D eigenvalue weighted by Gasteiger charge is 2.24. The molecule has 3 heterocycles. The fourth-order valence-electron chi connectivity index (χ4n) is 4.09. The van der Waals surface area contributed by atoms with Crippen molar-refractivity contribution in [1.29, 1.82) is 0 Å². The lowest BCUT2D eigenvalue weighted by Crippen LogP contribution is -2.47. The van der Waals surface area contributed by atoms with Gasteiger partial charge in [0.2, 0.25) is 0 Å². The lowest BCUT2D eigenvalue weighted by atomic mass is 10.1. The molecular formula is C22H39IN4O2S. The van der Waals surface area contributed by atoms with Gasteiger partial charge >= 0.3 is 0 Å². The zero-order chi connectivity index (χ0) is 20.5. The standard InChI is InChI=1S/C22H38N4O2S.HI/c1-4-23-22(25-10-6-20(7-11-25)28-14-5-13-27-3)24-16-18(2)26-12-8-21-19(17-26)9-15-29-21;/h9,15,18,20H,4-8,10-14,16-17H2,1-3H3,(H,23,24);1H. The molecule has 0 saturated carbocycles. The number of methoxy groups -OCH3 is 1. The summed E-state index contributed by atoms with van der Waals surface area (Å²) in [6.07, 6.45) is 4.67. The van der Waals surface area contributed by atoms with Crippen molar-refractivity contribution in [3.05, 3.63) is 21.9 Å². The fourth-order valence-corrected chi connectivity index (χ4v) is 4.98. The third-order valence-electron chi connectivity index (χ3n) is 5.89. The molecule has 1 aromatic heterocycles. The number of likely N-dealkylation sites (tertiary alicyclic amines) is 1. The van der Waals surface area contributed by atoms with Crippen LogP contribution in [0.4, 0.5) is 0 Å². The van der Waals surface area contributed by atoms with Crippen molar-refractivity contribution in [3.63, 3.8) is 0 Å². The third-order valence-corrected chi connectivity index (χ3v) is 6.91. The molecule has 2 aliphatic heterocycles. The van der Waals surface area contributed by atoms with Crippen LogP contribution in [0.3, 0.4) is 0 Å². The average molecular weight is 551 g/mol. The maximum atomic E-state index is 6.00. The lowest BCUT2D eigenvalue weighted by molar-refractivity contribution is 0.00988. The first-order chi connectivity index (χ1) is 14.2. The van der Waals surface area contributed by atoms with Crippen molar-refractivity contribution in [1.82, 2.24) is 15.1 Å². The van der Waals surface area contributed by atoms with Gasteiger partial charge in [-0.05, 0) is 56.5 Å². The minimum Gasteiger partial charge on any atom is -0.385 e. The number of piperidine rings is 1. The first kappa shape index (κ1) is 25.8. The zero-order valence-electron chi connectivity index (χ0n) is 18.8. The summed E-state index contributed by atoms with van der Waals surface area (Å²) >= 11 is 1.90. The summed E-state index contributed by atoms with van der Waals surface area (Å²) in [4.78, 5) is 11.5. The van der Waals surface area contributed by atoms with Gasteiger partial charge in [0, 0.05) is 64.0 Å². The second kappa shape index (κ2) is 13.9. The van der Waals surface area contributed by atoms with Crippen LogP contribution in [0.1, 0.15) is 43.6 Å². The number of aliphatic imine (C=N–C) groups is 1. The number of fused-ring (bicyclic) bond motifs is 1. The van der Waals surface area contributed by atoms with Crippen molar-refractivity contribution < 1.29 is 9.47 Å². The smallest absolute Gasteiger partial charge is 0.193 e. The van der Waals surface area contributed by atoms with Crippen molar-refractivity contribution in [3.8, 4) is 0 Å². The number of thiophene rings is 1. The molecule has 0 amide bonds. The van der Waals surface area contributed by atoms with E-state index in [2.05, 4.69) is 40.4 Å². The average Bonchev–Trinajstić information content (AvgIpc) is 3.22. The molecule has 8 heteroatoms. The van der Waals surface area contributed by atoms with Crippen LogP contribution in [-0.4, -0.2) is 81.0 Å². The number of rotatable bonds is 9. The van der Waals surface area contributed by atoms with Gasteiger partial charge in [-0.15, -0.1) is 35.3 Å². The van der Waals surface area contributed by atoms with Crippen LogP contribution in [-0.2, 0) is 22.4 Å². The highest BCUT2D eigenvalue weighted by Crippen LogP contribution is 2.25. The van der Waals surface area contributed by atoms with Gasteiger partial charge in [0.15, 0.2) is 5.96 Å². The van der Waals surface area contributed by atoms with Gasteiger partial charge in [-0.25, -0.2) is 0 Å². The van der Waals surface area contributed by atoms with Crippen LogP contribution < -0.4 is 5.32 Å². The van der Waals surface area contributed by atoms with Gasteiger partial charge in [0.25, 0.3) is 0 Å². The Bertz CT molecular complexity index is 634. The van der Waals surface area contributed by atoms with Crippen LogP contribution in [0.5, 0.6) is 0 Å². The van der Waals surface area contributed by atoms with Crippen LogP contribution in [0.15, 0.2) is 16.4 Å². The first-order valence-electron chi connectivity index (χ1n) is 11.1. The summed E-state index contributed by atoms with van der Waals surface area (Å²) in [5, 5.41) is 5.73. The number of nitrogens with one attached hydrogen (secondary N) is 1. The molecule has 0 bridgehead atoms. The Kier molecular flexibility index (Phi) is 12.0. The molecule has 0 radical (unpaired) electrons. The maximum absolute atomic E-state index is 6.00. The molecule has 30 heavy (non-hydrogen) atoms. The van der Waals surface area contributed by atoms with Crippen LogP contribution in [0.25, 0.3) is 0 Å². The molecule has 1 aromatic rings. The molecule has 1 fully saturated rings. The monoisotopic (exact) mass is 550 g/mol. The summed E-state index contributed by atoms with van der Waals surface area (Å²) in [6.45, 7) is 12.0. The van der Waals surface area contributed by atoms with Crippen molar-refractivity contribution in [2.24, 2.45) is 4.99 Å². The van der Waals surface area contributed by atoms with E-state index in [4.69, 9.17) is 14.5 Å². The van der Waals surface area contributed by atoms with E-state index in [1.54, 1.807) is 12.0 Å². The summed E-state index contributed by atoms with van der Waals surface area (Å²) in [7, 11) is 1.74. The van der Waals surface area contributed by atoms with E-state index in [-0.39, 0.29) is 24.0 Å². The molecule has 1 N–H and O–H groups in total. The normalized spacial score (nSPS) is 19.3. The maximum Gasteiger partial charge on any atom is 0.193 e. The highest BCUT2D eigenvalue weighted by molar-refractivity contribution is 14.0. The van der Waals surface area contributed by atoms with Gasteiger partial charge in [-0.1, -0.05) is 0 Å². The van der Waals surface area contributed by atoms with Crippen molar-refractivity contribution in [2.75, 3.05) is 53.0 Å². The first-order valence-corrected chi connectivity index (χ1v) is 12.0. The van der Waals surface area contributed by atoms with E-state index < -0.39 is 0 Å². The van der Waals surface area contributed by atoms with Crippen LogP contribution >= 0.6 is 35.3 Å². The number of halogens is 1. The molecule has 1 atom stereocenters. The molecule has 172 valence electrons. The molecule has 0 aliphatic carbocycles. The topological polar surface area (TPSA) is 49.3 Å². The SMILES string of the molecule is CCNC(=NCC(C)N1CCc2sccc2C1)N1CCC(OCCCOC)CC1.I. The van der Waals surface area contributed by atoms with E-state index in [1.807, 2.05) is 11.3 Å². The van der Waals surface area contributed by atoms with E-state index in [9.17, 15) is 0 Å². The molecule has 6 nitrogen and oxygen atoms in total. The Morgan fingerprint density at radius 1 is 1.30 bits per heavy atom. The number of guanidine groups is 1. The molecule has 3 rings (SSSR count). The van der Waals surface area contributed by atoms with Gasteiger partial charge in [-0.3, -0.25) is 9.89 Å². The summed E-state index contributed by atoms with van der Waals surface area (Å²) < 4.78 is 11.1. The summed E-state index contributed by atoms with van der Waals surface area (Å²) in [6, 6.07) is 2.74. The van der Waals surface area contributed by atoms with E-state index in [1.165, 1.54) is 12.0 Å². The van der Waals surface area contributed by atoms with Crippen LogP contribution in [0, 0.1) is 0 Å². The van der Waals surface area contributed by atoms with Gasteiger partial charge in [-0.2, -0.15) is 0 Å². The minimum absolute atomic E-state index is 0. The Labute approximate surface area is 203 Å². The summed E-state index contributed by atoms with van der Waals surface area (Å²) in [5.74, 6) is 1.06. The number of nitrogens with zero attached hydrogens (tertiary/aromatic N) is 3. The van der Waals surface area contributed by atoms with E-state index in [0.717, 1.165) is 77.7 Å². The minimum atomic E-state index is 0. The molecule has 0 spiro atoms. The number of ether oxygens (including phenoxy) is 2. The summed E-state index contributed by atoms with van der Waals surface area (Å²) in [5.41, 5.74) is 1.51. The van der Waals surface area contributed by atoms with Crippen molar-refractivity contribution in [2.45, 2.75) is 58.2 Å². The predicted molar refractivity (Wildman–Crippen MR) is 136 cm³/mol. The molecule has 2 aliphatic rings. The van der Waals surface area contributed by atoms with E-state index >= 15 is 0 Å². The van der Waals surface area contributed by atoms with Gasteiger partial charge in [0.05, 0.1) is 12.6 Å². The Hall–Kier alpha value is -0.420. The highest BCUT2D eigenvalue weighted by atomic mass is 127. The van der Waals surface area contributed by atoms with E-state index in [0.29, 0.717) is 12.1 Å². The quantitative estimate of drug-likeness (QED) is 0.221. The van der Waals surface area contributed by atoms with Gasteiger partial charge in [0.1, 0.15) is 0 Å². The molecule has 1 saturated heterocycles. The van der Waals surface area contributed by atoms with Crippen LogP contribution in [0.2, 0.25) is 0 Å². The Morgan fingerprint density at radius 2 is 2.10 bits per heavy atom. The molecule has 0 aromatic carbocycles. The largest absolute Gasteiger partial charge is 0.385 e. The third kappa shape index (κ3) is 7.62. The molecule has 1 unspecified atom stereocenters.